The monoisotopic (exact) mass is 275 g/mol. The molecular weight excluding hydrogens is 250 g/mol. The fraction of sp³-hybridized carbons (Fsp3) is 0.562. The number of hydrogen-bond donors (Lipinski definition) is 1. The van der Waals surface area contributed by atoms with E-state index in [-0.39, 0.29) is 0 Å². The van der Waals surface area contributed by atoms with Crippen molar-refractivity contribution in [2.45, 2.75) is 46.7 Å². The van der Waals surface area contributed by atoms with Gasteiger partial charge >= 0.3 is 0 Å². The van der Waals surface area contributed by atoms with Crippen molar-refractivity contribution in [3.63, 3.8) is 0 Å². The first-order valence-corrected chi connectivity index (χ1v) is 7.46. The molecule has 2 rings (SSSR count). The van der Waals surface area contributed by atoms with E-state index >= 15 is 0 Å². The number of aromatic nitrogens is 2. The predicted molar refractivity (Wildman–Crippen MR) is 80.6 cm³/mol. The van der Waals surface area contributed by atoms with Crippen LogP contribution in [-0.2, 0) is 19.5 Å². The van der Waals surface area contributed by atoms with Gasteiger partial charge in [0.1, 0.15) is 11.6 Å². The van der Waals surface area contributed by atoms with Crippen LogP contribution in [0.2, 0.25) is 0 Å². The third kappa shape index (κ3) is 3.97. The van der Waals surface area contributed by atoms with Gasteiger partial charge in [-0.25, -0.2) is 4.98 Å². The topological polar surface area (TPSA) is 43.0 Å². The largest absolute Gasteiger partial charge is 0.468 e. The Balaban J connectivity index is 1.99. The standard InChI is InChI=1S/C16H25N3O/c1-4-5-16-18-7-8-19(16)12-14-6-9-20-15(14)11-17-10-13(2)3/h6-9,13,17H,4-5,10-12H2,1-3H3. The summed E-state index contributed by atoms with van der Waals surface area (Å²) in [5, 5.41) is 3.43. The summed E-state index contributed by atoms with van der Waals surface area (Å²) in [6.45, 7) is 9.23. The lowest BCUT2D eigenvalue weighted by molar-refractivity contribution is 0.459. The van der Waals surface area contributed by atoms with Gasteiger partial charge in [-0.05, 0) is 24.9 Å². The number of furan rings is 1. The lowest BCUT2D eigenvalue weighted by atomic mass is 10.2. The van der Waals surface area contributed by atoms with Gasteiger partial charge in [0.05, 0.1) is 19.4 Å². The third-order valence-corrected chi connectivity index (χ3v) is 3.29. The van der Waals surface area contributed by atoms with E-state index in [4.69, 9.17) is 4.42 Å². The molecule has 4 heteroatoms. The molecule has 0 aliphatic heterocycles. The van der Waals surface area contributed by atoms with E-state index < -0.39 is 0 Å². The molecule has 20 heavy (non-hydrogen) atoms. The highest BCUT2D eigenvalue weighted by molar-refractivity contribution is 5.18. The number of nitrogens with zero attached hydrogens (tertiary/aromatic N) is 2. The molecule has 0 spiro atoms. The Labute approximate surface area is 121 Å². The summed E-state index contributed by atoms with van der Waals surface area (Å²) in [6, 6.07) is 2.06. The minimum atomic E-state index is 0.651. The number of hydrogen-bond acceptors (Lipinski definition) is 3. The molecule has 2 aromatic heterocycles. The number of aryl methyl sites for hydroxylation is 1. The van der Waals surface area contributed by atoms with E-state index in [2.05, 4.69) is 41.7 Å². The van der Waals surface area contributed by atoms with Crippen LogP contribution in [0.4, 0.5) is 0 Å². The zero-order chi connectivity index (χ0) is 14.4. The van der Waals surface area contributed by atoms with Gasteiger partial charge < -0.3 is 14.3 Å². The molecule has 0 aliphatic carbocycles. The molecule has 2 heterocycles. The van der Waals surface area contributed by atoms with Crippen LogP contribution in [0.25, 0.3) is 0 Å². The molecule has 0 amide bonds. The Morgan fingerprint density at radius 2 is 2.25 bits per heavy atom. The second-order valence-electron chi connectivity index (χ2n) is 5.62. The van der Waals surface area contributed by atoms with Gasteiger partial charge in [0.2, 0.25) is 0 Å². The highest BCUT2D eigenvalue weighted by atomic mass is 16.3. The lowest BCUT2D eigenvalue weighted by Gasteiger charge is -2.09. The van der Waals surface area contributed by atoms with Crippen LogP contribution in [0.5, 0.6) is 0 Å². The molecule has 1 N–H and O–H groups in total. The van der Waals surface area contributed by atoms with Crippen molar-refractivity contribution in [3.05, 3.63) is 41.9 Å². The van der Waals surface area contributed by atoms with Gasteiger partial charge in [-0.1, -0.05) is 20.8 Å². The van der Waals surface area contributed by atoms with Crippen molar-refractivity contribution in [1.82, 2.24) is 14.9 Å². The second kappa shape index (κ2) is 7.29. The molecular formula is C16H25N3O. The van der Waals surface area contributed by atoms with E-state index in [0.717, 1.165) is 44.1 Å². The lowest BCUT2D eigenvalue weighted by Crippen LogP contribution is -2.19. The quantitative estimate of drug-likeness (QED) is 0.804. The minimum Gasteiger partial charge on any atom is -0.468 e. The van der Waals surface area contributed by atoms with Gasteiger partial charge in [0.15, 0.2) is 0 Å². The highest BCUT2D eigenvalue weighted by Crippen LogP contribution is 2.14. The van der Waals surface area contributed by atoms with Crippen molar-refractivity contribution in [1.29, 1.82) is 0 Å². The molecule has 0 radical (unpaired) electrons. The van der Waals surface area contributed by atoms with E-state index in [9.17, 15) is 0 Å². The summed E-state index contributed by atoms with van der Waals surface area (Å²) in [4.78, 5) is 4.42. The van der Waals surface area contributed by atoms with Crippen LogP contribution in [-0.4, -0.2) is 16.1 Å². The molecule has 0 fully saturated rings. The van der Waals surface area contributed by atoms with Crippen molar-refractivity contribution in [3.8, 4) is 0 Å². The van der Waals surface area contributed by atoms with Crippen LogP contribution >= 0.6 is 0 Å². The van der Waals surface area contributed by atoms with Crippen LogP contribution in [0.15, 0.2) is 29.1 Å². The summed E-state index contributed by atoms with van der Waals surface area (Å²) < 4.78 is 7.81. The second-order valence-corrected chi connectivity index (χ2v) is 5.62. The molecule has 0 aromatic carbocycles. The van der Waals surface area contributed by atoms with Gasteiger partial charge in [-0.15, -0.1) is 0 Å². The number of rotatable bonds is 8. The summed E-state index contributed by atoms with van der Waals surface area (Å²) >= 11 is 0. The average molecular weight is 275 g/mol. The molecule has 0 saturated heterocycles. The van der Waals surface area contributed by atoms with Gasteiger partial charge in [0.25, 0.3) is 0 Å². The molecule has 0 atom stereocenters. The van der Waals surface area contributed by atoms with Crippen molar-refractivity contribution in [2.24, 2.45) is 5.92 Å². The molecule has 0 aliphatic rings. The molecule has 110 valence electrons. The van der Waals surface area contributed by atoms with Crippen LogP contribution in [0, 0.1) is 5.92 Å². The minimum absolute atomic E-state index is 0.651. The average Bonchev–Trinajstić information content (AvgIpc) is 3.01. The summed E-state index contributed by atoms with van der Waals surface area (Å²) in [5.41, 5.74) is 1.23. The molecule has 0 unspecified atom stereocenters. The summed E-state index contributed by atoms with van der Waals surface area (Å²) in [7, 11) is 0. The van der Waals surface area contributed by atoms with Crippen LogP contribution in [0.3, 0.4) is 0 Å². The maximum atomic E-state index is 5.60. The Kier molecular flexibility index (Phi) is 5.41. The van der Waals surface area contributed by atoms with E-state index in [1.54, 1.807) is 6.26 Å². The van der Waals surface area contributed by atoms with Gasteiger partial charge in [0, 0.05) is 24.4 Å². The van der Waals surface area contributed by atoms with Crippen molar-refractivity contribution < 1.29 is 4.42 Å². The zero-order valence-electron chi connectivity index (χ0n) is 12.7. The number of nitrogens with one attached hydrogen (secondary N) is 1. The van der Waals surface area contributed by atoms with Crippen molar-refractivity contribution in [2.75, 3.05) is 6.54 Å². The zero-order valence-corrected chi connectivity index (χ0v) is 12.7. The van der Waals surface area contributed by atoms with Crippen LogP contribution < -0.4 is 5.32 Å². The smallest absolute Gasteiger partial charge is 0.122 e. The highest BCUT2D eigenvalue weighted by Gasteiger charge is 2.09. The Bertz CT molecular complexity index is 513. The number of imidazole rings is 1. The van der Waals surface area contributed by atoms with Gasteiger partial charge in [-0.2, -0.15) is 0 Å². The fourth-order valence-electron chi connectivity index (χ4n) is 2.26. The predicted octanol–water partition coefficient (Wildman–Crippen LogP) is 3.22. The van der Waals surface area contributed by atoms with E-state index in [1.807, 2.05) is 12.4 Å². The first-order chi connectivity index (χ1) is 9.70. The van der Waals surface area contributed by atoms with Crippen LogP contribution in [0.1, 0.15) is 44.3 Å². The summed E-state index contributed by atoms with van der Waals surface area (Å²) in [5.74, 6) is 2.83. The maximum absolute atomic E-state index is 5.60. The Hall–Kier alpha value is -1.55. The summed E-state index contributed by atoms with van der Waals surface area (Å²) in [6.07, 6.45) is 7.83. The molecule has 2 aromatic rings. The Morgan fingerprint density at radius 1 is 1.40 bits per heavy atom. The first-order valence-electron chi connectivity index (χ1n) is 7.46. The van der Waals surface area contributed by atoms with Gasteiger partial charge in [-0.3, -0.25) is 0 Å². The fourth-order valence-corrected chi connectivity index (χ4v) is 2.26. The SMILES string of the molecule is CCCc1nccn1Cc1ccoc1CNCC(C)C. The van der Waals surface area contributed by atoms with E-state index in [1.165, 1.54) is 5.56 Å². The molecule has 4 nitrogen and oxygen atoms in total. The molecule has 0 bridgehead atoms. The molecule has 0 saturated carbocycles. The normalized spacial score (nSPS) is 11.4. The Morgan fingerprint density at radius 3 is 3.00 bits per heavy atom. The van der Waals surface area contributed by atoms with E-state index in [0.29, 0.717) is 5.92 Å². The third-order valence-electron chi connectivity index (χ3n) is 3.29. The first kappa shape index (κ1) is 14.9. The van der Waals surface area contributed by atoms with Crippen molar-refractivity contribution >= 4 is 0 Å². The maximum Gasteiger partial charge on any atom is 0.122 e.